The highest BCUT2D eigenvalue weighted by molar-refractivity contribution is 6.06. The predicted molar refractivity (Wildman–Crippen MR) is 118 cm³/mol. The summed E-state index contributed by atoms with van der Waals surface area (Å²) >= 11 is 0. The molecule has 0 heterocycles. The maximum Gasteiger partial charge on any atom is 0.326 e. The molecular weight excluding hydrogens is 392 g/mol. The third-order valence-corrected chi connectivity index (χ3v) is 4.53. The molecule has 6 heteroatoms. The molecule has 31 heavy (non-hydrogen) atoms. The normalized spacial score (nSPS) is 11.9. The van der Waals surface area contributed by atoms with E-state index < -0.39 is 23.8 Å². The zero-order valence-corrected chi connectivity index (χ0v) is 16.7. The van der Waals surface area contributed by atoms with Crippen molar-refractivity contribution in [1.82, 2.24) is 10.6 Å². The van der Waals surface area contributed by atoms with Crippen molar-refractivity contribution in [2.75, 3.05) is 0 Å². The second-order valence-electron chi connectivity index (χ2n) is 6.84. The minimum absolute atomic E-state index is 0.0423. The monoisotopic (exact) mass is 414 g/mol. The average molecular weight is 414 g/mol. The molecule has 1 atom stereocenters. The Labute approximate surface area is 180 Å². The van der Waals surface area contributed by atoms with Crippen LogP contribution in [0.25, 0.3) is 6.08 Å². The summed E-state index contributed by atoms with van der Waals surface area (Å²) in [4.78, 5) is 37.3. The molecule has 3 aromatic carbocycles. The standard InChI is InChI=1S/C25H22N2O4/c28-23(20-14-8-3-9-15-20)26-21(16-18-10-4-1-5-11-18)24(29)27-22(25(30)31)17-19-12-6-2-7-13-19/h1-16,22H,17H2,(H,26,28)(H,27,29)(H,30,31)/b21-16+/t22-/m1/s1. The van der Waals surface area contributed by atoms with Crippen molar-refractivity contribution >= 4 is 23.9 Å². The number of hydrogen-bond acceptors (Lipinski definition) is 3. The Balaban J connectivity index is 1.83. The van der Waals surface area contributed by atoms with Crippen molar-refractivity contribution in [3.8, 4) is 0 Å². The van der Waals surface area contributed by atoms with Gasteiger partial charge >= 0.3 is 5.97 Å². The van der Waals surface area contributed by atoms with E-state index in [9.17, 15) is 19.5 Å². The Kier molecular flexibility index (Phi) is 7.32. The lowest BCUT2D eigenvalue weighted by molar-refractivity contribution is -0.141. The predicted octanol–water partition coefficient (Wildman–Crippen LogP) is 3.27. The van der Waals surface area contributed by atoms with Gasteiger partial charge in [-0.15, -0.1) is 0 Å². The molecule has 0 fully saturated rings. The Hall–Kier alpha value is -4.19. The van der Waals surface area contributed by atoms with Gasteiger partial charge in [0.15, 0.2) is 0 Å². The Morgan fingerprint density at radius 2 is 1.35 bits per heavy atom. The second-order valence-corrected chi connectivity index (χ2v) is 6.84. The fraction of sp³-hybridized carbons (Fsp3) is 0.0800. The summed E-state index contributed by atoms with van der Waals surface area (Å²) in [7, 11) is 0. The first-order valence-corrected chi connectivity index (χ1v) is 9.73. The summed E-state index contributed by atoms with van der Waals surface area (Å²) < 4.78 is 0. The Morgan fingerprint density at radius 3 is 1.94 bits per heavy atom. The van der Waals surface area contributed by atoms with Crippen molar-refractivity contribution < 1.29 is 19.5 Å². The van der Waals surface area contributed by atoms with Gasteiger partial charge in [-0.1, -0.05) is 78.9 Å². The number of carboxylic acid groups (broad SMARTS) is 1. The maximum absolute atomic E-state index is 13.0. The molecule has 3 N–H and O–H groups in total. The molecule has 3 rings (SSSR count). The number of aliphatic carboxylic acids is 1. The highest BCUT2D eigenvalue weighted by Gasteiger charge is 2.23. The zero-order chi connectivity index (χ0) is 22.1. The number of benzene rings is 3. The minimum atomic E-state index is -1.16. The number of carboxylic acids is 1. The lowest BCUT2D eigenvalue weighted by atomic mass is 10.1. The molecule has 0 saturated carbocycles. The van der Waals surface area contributed by atoms with E-state index in [4.69, 9.17) is 0 Å². The van der Waals surface area contributed by atoms with E-state index in [2.05, 4.69) is 10.6 Å². The average Bonchev–Trinajstić information content (AvgIpc) is 2.80. The molecule has 0 aliphatic heterocycles. The summed E-state index contributed by atoms with van der Waals surface area (Å²) in [5, 5.41) is 14.7. The highest BCUT2D eigenvalue weighted by atomic mass is 16.4. The van der Waals surface area contributed by atoms with Gasteiger partial charge in [-0.25, -0.2) is 4.79 Å². The molecule has 0 saturated heterocycles. The van der Waals surface area contributed by atoms with Gasteiger partial charge in [-0.2, -0.15) is 0 Å². The third kappa shape index (κ3) is 6.40. The Bertz CT molecular complexity index is 1060. The van der Waals surface area contributed by atoms with Crippen LogP contribution in [-0.2, 0) is 16.0 Å². The van der Waals surface area contributed by atoms with Gasteiger partial charge in [0.1, 0.15) is 11.7 Å². The molecule has 156 valence electrons. The molecule has 0 spiro atoms. The van der Waals surface area contributed by atoms with E-state index in [1.54, 1.807) is 78.9 Å². The molecule has 0 bridgehead atoms. The van der Waals surface area contributed by atoms with Crippen LogP contribution in [0.15, 0.2) is 96.7 Å². The molecule has 0 aliphatic carbocycles. The number of amides is 2. The van der Waals surface area contributed by atoms with Gasteiger partial charge in [0.25, 0.3) is 11.8 Å². The third-order valence-electron chi connectivity index (χ3n) is 4.53. The smallest absolute Gasteiger partial charge is 0.326 e. The zero-order valence-electron chi connectivity index (χ0n) is 16.7. The first kappa shape index (κ1) is 21.5. The summed E-state index contributed by atoms with van der Waals surface area (Å²) in [6.45, 7) is 0. The van der Waals surface area contributed by atoms with Crippen LogP contribution in [0, 0.1) is 0 Å². The van der Waals surface area contributed by atoms with Gasteiger partial charge in [-0.3, -0.25) is 9.59 Å². The van der Waals surface area contributed by atoms with Crippen LogP contribution >= 0.6 is 0 Å². The number of rotatable bonds is 8. The lowest BCUT2D eigenvalue weighted by Crippen LogP contribution is -2.45. The molecule has 0 aliphatic rings. The topological polar surface area (TPSA) is 95.5 Å². The van der Waals surface area contributed by atoms with E-state index >= 15 is 0 Å². The SMILES string of the molecule is O=C(N[C@H](Cc1ccccc1)C(=O)O)/C(=C\c1ccccc1)NC(=O)c1ccccc1. The van der Waals surface area contributed by atoms with Crippen molar-refractivity contribution in [2.45, 2.75) is 12.5 Å². The quantitative estimate of drug-likeness (QED) is 0.493. The van der Waals surface area contributed by atoms with Crippen molar-refractivity contribution in [3.63, 3.8) is 0 Å². The number of hydrogen-bond donors (Lipinski definition) is 3. The van der Waals surface area contributed by atoms with Crippen LogP contribution in [0.3, 0.4) is 0 Å². The summed E-state index contributed by atoms with van der Waals surface area (Å²) in [5.74, 6) is -2.31. The van der Waals surface area contributed by atoms with Gasteiger partial charge in [0.2, 0.25) is 0 Å². The lowest BCUT2D eigenvalue weighted by Gasteiger charge is -2.17. The van der Waals surface area contributed by atoms with Crippen LogP contribution in [0.2, 0.25) is 0 Å². The first-order chi connectivity index (χ1) is 15.0. The minimum Gasteiger partial charge on any atom is -0.480 e. The summed E-state index contributed by atoms with van der Waals surface area (Å²) in [6.07, 6.45) is 1.63. The Morgan fingerprint density at radius 1 is 0.806 bits per heavy atom. The largest absolute Gasteiger partial charge is 0.480 e. The molecule has 0 unspecified atom stereocenters. The second kappa shape index (κ2) is 10.5. The molecular formula is C25H22N2O4. The van der Waals surface area contributed by atoms with Crippen LogP contribution in [0.4, 0.5) is 0 Å². The van der Waals surface area contributed by atoms with Crippen LogP contribution in [0.5, 0.6) is 0 Å². The fourth-order valence-corrected chi connectivity index (χ4v) is 2.94. The number of nitrogens with one attached hydrogen (secondary N) is 2. The van der Waals surface area contributed by atoms with Crippen LogP contribution < -0.4 is 10.6 Å². The number of carbonyl (C=O) groups is 3. The van der Waals surface area contributed by atoms with Crippen molar-refractivity contribution in [1.29, 1.82) is 0 Å². The van der Waals surface area contributed by atoms with E-state index in [1.807, 2.05) is 12.1 Å². The van der Waals surface area contributed by atoms with E-state index in [0.717, 1.165) is 5.56 Å². The first-order valence-electron chi connectivity index (χ1n) is 9.73. The van der Waals surface area contributed by atoms with E-state index in [1.165, 1.54) is 6.08 Å². The molecule has 0 radical (unpaired) electrons. The highest BCUT2D eigenvalue weighted by Crippen LogP contribution is 2.09. The molecule has 3 aromatic rings. The van der Waals surface area contributed by atoms with Gasteiger partial charge in [-0.05, 0) is 29.3 Å². The van der Waals surface area contributed by atoms with Crippen molar-refractivity contribution in [2.24, 2.45) is 0 Å². The summed E-state index contributed by atoms with van der Waals surface area (Å²) in [5.41, 5.74) is 1.81. The molecule has 2 amide bonds. The van der Waals surface area contributed by atoms with E-state index in [-0.39, 0.29) is 12.1 Å². The summed E-state index contributed by atoms with van der Waals surface area (Å²) in [6, 6.07) is 25.3. The fourth-order valence-electron chi connectivity index (χ4n) is 2.94. The van der Waals surface area contributed by atoms with Crippen molar-refractivity contribution in [3.05, 3.63) is 113 Å². The van der Waals surface area contributed by atoms with E-state index in [0.29, 0.717) is 11.1 Å². The van der Waals surface area contributed by atoms with Gasteiger partial charge in [0, 0.05) is 12.0 Å². The molecule has 6 nitrogen and oxygen atoms in total. The maximum atomic E-state index is 13.0. The number of carbonyl (C=O) groups excluding carboxylic acids is 2. The van der Waals surface area contributed by atoms with Gasteiger partial charge < -0.3 is 15.7 Å². The van der Waals surface area contributed by atoms with Gasteiger partial charge in [0.05, 0.1) is 0 Å². The van der Waals surface area contributed by atoms with Crippen LogP contribution in [-0.4, -0.2) is 28.9 Å². The molecule has 0 aromatic heterocycles. The van der Waals surface area contributed by atoms with Crippen LogP contribution in [0.1, 0.15) is 21.5 Å².